The summed E-state index contributed by atoms with van der Waals surface area (Å²) in [7, 11) is 0. The zero-order chi connectivity index (χ0) is 11.2. The highest BCUT2D eigenvalue weighted by molar-refractivity contribution is 4.98. The Labute approximate surface area is 105 Å². The van der Waals surface area contributed by atoms with Gasteiger partial charge in [-0.25, -0.2) is 0 Å². The van der Waals surface area contributed by atoms with E-state index in [9.17, 15) is 0 Å². The van der Waals surface area contributed by atoms with Crippen molar-refractivity contribution in [2.45, 2.75) is 37.8 Å². The van der Waals surface area contributed by atoms with E-state index >= 15 is 0 Å². The summed E-state index contributed by atoms with van der Waals surface area (Å²) >= 11 is 0. The summed E-state index contributed by atoms with van der Waals surface area (Å²) < 4.78 is 0. The van der Waals surface area contributed by atoms with E-state index in [0.717, 1.165) is 23.9 Å². The average Bonchev–Trinajstić information content (AvgIpc) is 3.25. The lowest BCUT2D eigenvalue weighted by atomic mass is 10.0. The van der Waals surface area contributed by atoms with Gasteiger partial charge in [-0.3, -0.25) is 9.80 Å². The molecule has 3 nitrogen and oxygen atoms in total. The number of nitrogens with zero attached hydrogens (tertiary/aromatic N) is 2. The van der Waals surface area contributed by atoms with Gasteiger partial charge in [0.1, 0.15) is 0 Å². The smallest absolute Gasteiger partial charge is 0.0349 e. The Bertz CT molecular complexity index is 265. The topological polar surface area (TPSA) is 18.5 Å². The number of hydrogen-bond donors (Lipinski definition) is 1. The molecule has 0 spiro atoms. The van der Waals surface area contributed by atoms with Crippen LogP contribution in [0.5, 0.6) is 0 Å². The fourth-order valence-electron chi connectivity index (χ4n) is 3.82. The molecule has 0 aromatic carbocycles. The average molecular weight is 235 g/mol. The van der Waals surface area contributed by atoms with Gasteiger partial charge in [0.25, 0.3) is 0 Å². The Morgan fingerprint density at radius 1 is 0.941 bits per heavy atom. The number of rotatable bonds is 5. The third-order valence-electron chi connectivity index (χ3n) is 5.24. The molecule has 3 heterocycles. The molecule has 5 rings (SSSR count). The molecule has 1 N–H and O–H groups in total. The van der Waals surface area contributed by atoms with Crippen molar-refractivity contribution in [3.05, 3.63) is 0 Å². The van der Waals surface area contributed by atoms with Crippen molar-refractivity contribution in [3.63, 3.8) is 0 Å². The molecule has 5 aliphatic rings. The van der Waals surface area contributed by atoms with Gasteiger partial charge in [0.15, 0.2) is 0 Å². The minimum absolute atomic E-state index is 0.803. The first-order chi connectivity index (χ1) is 8.40. The fourth-order valence-corrected chi connectivity index (χ4v) is 3.82. The lowest BCUT2D eigenvalue weighted by Crippen LogP contribution is -2.63. The van der Waals surface area contributed by atoms with Crippen molar-refractivity contribution in [3.8, 4) is 0 Å². The van der Waals surface area contributed by atoms with Crippen molar-refractivity contribution in [2.24, 2.45) is 11.8 Å². The van der Waals surface area contributed by atoms with E-state index in [1.54, 1.807) is 0 Å². The second-order valence-electron chi connectivity index (χ2n) is 6.60. The van der Waals surface area contributed by atoms with Gasteiger partial charge in [0.2, 0.25) is 0 Å². The van der Waals surface area contributed by atoms with Gasteiger partial charge in [-0.2, -0.15) is 0 Å². The van der Waals surface area contributed by atoms with Gasteiger partial charge < -0.3 is 5.32 Å². The molecule has 0 amide bonds. The Hall–Kier alpha value is -0.120. The molecule has 2 bridgehead atoms. The molecule has 3 aliphatic heterocycles. The highest BCUT2D eigenvalue weighted by Gasteiger charge is 2.42. The zero-order valence-corrected chi connectivity index (χ0v) is 10.8. The lowest BCUT2D eigenvalue weighted by molar-refractivity contribution is 0.0121. The molecule has 2 aliphatic carbocycles. The number of nitrogens with one attached hydrogen (secondary N) is 1. The maximum Gasteiger partial charge on any atom is 0.0349 e. The first kappa shape index (κ1) is 10.8. The lowest BCUT2D eigenvalue weighted by Gasteiger charge is -2.48. The minimum atomic E-state index is 0.803. The molecule has 5 fully saturated rings. The van der Waals surface area contributed by atoms with Crippen LogP contribution in [0.25, 0.3) is 0 Å². The van der Waals surface area contributed by atoms with E-state index in [1.807, 2.05) is 0 Å². The monoisotopic (exact) mass is 235 g/mol. The van der Waals surface area contributed by atoms with Crippen molar-refractivity contribution in [1.29, 1.82) is 0 Å². The molecule has 2 saturated carbocycles. The molecular weight excluding hydrogens is 210 g/mol. The predicted molar refractivity (Wildman–Crippen MR) is 69.0 cm³/mol. The van der Waals surface area contributed by atoms with E-state index in [0.29, 0.717) is 0 Å². The number of fused-ring (bicyclic) bond motifs is 3. The van der Waals surface area contributed by atoms with Crippen molar-refractivity contribution >= 4 is 0 Å². The molecule has 0 radical (unpaired) electrons. The Kier molecular flexibility index (Phi) is 2.67. The Balaban J connectivity index is 1.31. The molecule has 0 aromatic heterocycles. The highest BCUT2D eigenvalue weighted by Crippen LogP contribution is 2.44. The Morgan fingerprint density at radius 3 is 2.06 bits per heavy atom. The second kappa shape index (κ2) is 4.22. The molecule has 17 heavy (non-hydrogen) atoms. The van der Waals surface area contributed by atoms with Crippen molar-refractivity contribution < 1.29 is 0 Å². The van der Waals surface area contributed by atoms with E-state index in [1.165, 1.54) is 65.0 Å². The van der Waals surface area contributed by atoms with Gasteiger partial charge in [0, 0.05) is 51.4 Å². The summed E-state index contributed by atoms with van der Waals surface area (Å²) in [4.78, 5) is 5.36. The van der Waals surface area contributed by atoms with Crippen LogP contribution in [0.4, 0.5) is 0 Å². The molecule has 0 unspecified atom stereocenters. The largest absolute Gasteiger partial charge is 0.312 e. The summed E-state index contributed by atoms with van der Waals surface area (Å²) in [5.41, 5.74) is 0. The van der Waals surface area contributed by atoms with Crippen LogP contribution in [0.15, 0.2) is 0 Å². The van der Waals surface area contributed by atoms with E-state index in [-0.39, 0.29) is 0 Å². The maximum atomic E-state index is 3.93. The fraction of sp³-hybridized carbons (Fsp3) is 1.00. The first-order valence-electron chi connectivity index (χ1n) is 7.60. The van der Waals surface area contributed by atoms with Crippen LogP contribution >= 0.6 is 0 Å². The zero-order valence-electron chi connectivity index (χ0n) is 10.8. The van der Waals surface area contributed by atoms with Gasteiger partial charge in [-0.15, -0.1) is 0 Å². The number of hydrogen-bond acceptors (Lipinski definition) is 3. The molecule has 1 atom stereocenters. The van der Waals surface area contributed by atoms with Gasteiger partial charge in [0.05, 0.1) is 0 Å². The molecule has 3 heteroatoms. The van der Waals surface area contributed by atoms with Crippen LogP contribution in [0.3, 0.4) is 0 Å². The molecular formula is C14H25N3. The Morgan fingerprint density at radius 2 is 1.59 bits per heavy atom. The van der Waals surface area contributed by atoms with Gasteiger partial charge >= 0.3 is 0 Å². The maximum absolute atomic E-state index is 3.93. The first-order valence-corrected chi connectivity index (χ1v) is 7.60. The summed E-state index contributed by atoms with van der Waals surface area (Å²) in [6.07, 6.45) is 5.98. The van der Waals surface area contributed by atoms with E-state index < -0.39 is 0 Å². The molecule has 3 saturated heterocycles. The molecule has 96 valence electrons. The summed E-state index contributed by atoms with van der Waals surface area (Å²) in [5.74, 6) is 2.08. The minimum Gasteiger partial charge on any atom is -0.312 e. The SMILES string of the molecule is C1CC1C(NC[C@@H]1CN2CCN1CC2)C1CC1. The van der Waals surface area contributed by atoms with Crippen molar-refractivity contribution in [2.75, 3.05) is 39.3 Å². The van der Waals surface area contributed by atoms with Crippen LogP contribution < -0.4 is 5.32 Å². The van der Waals surface area contributed by atoms with Crippen LogP contribution in [0.1, 0.15) is 25.7 Å². The quantitative estimate of drug-likeness (QED) is 0.759. The van der Waals surface area contributed by atoms with E-state index in [2.05, 4.69) is 15.1 Å². The third kappa shape index (κ3) is 2.25. The summed E-state index contributed by atoms with van der Waals surface area (Å²) in [6, 6.07) is 1.68. The third-order valence-corrected chi connectivity index (χ3v) is 5.24. The second-order valence-corrected chi connectivity index (χ2v) is 6.60. The van der Waals surface area contributed by atoms with Gasteiger partial charge in [-0.1, -0.05) is 0 Å². The standard InChI is InChI=1S/C14H25N3/c1-2-11(1)14(12-3-4-12)15-9-13-10-16-5-7-17(13)8-6-16/h11-15H,1-10H2/t13-/m1/s1. The van der Waals surface area contributed by atoms with Crippen LogP contribution in [0, 0.1) is 11.8 Å². The van der Waals surface area contributed by atoms with Gasteiger partial charge in [-0.05, 0) is 37.5 Å². The predicted octanol–water partition coefficient (Wildman–Crippen LogP) is 0.764. The summed E-state index contributed by atoms with van der Waals surface area (Å²) in [5, 5.41) is 3.93. The van der Waals surface area contributed by atoms with E-state index in [4.69, 9.17) is 0 Å². The van der Waals surface area contributed by atoms with Crippen LogP contribution in [0.2, 0.25) is 0 Å². The highest BCUT2D eigenvalue weighted by atomic mass is 15.3. The normalized spacial score (nSPS) is 41.1. The van der Waals surface area contributed by atoms with Crippen LogP contribution in [-0.2, 0) is 0 Å². The molecule has 0 aromatic rings. The summed E-state index contributed by atoms with van der Waals surface area (Å²) in [6.45, 7) is 7.80. The number of piperazine rings is 3. The van der Waals surface area contributed by atoms with Crippen molar-refractivity contribution in [1.82, 2.24) is 15.1 Å². The van der Waals surface area contributed by atoms with Crippen LogP contribution in [-0.4, -0.2) is 61.2 Å².